The smallest absolute Gasteiger partial charge is 0.143 e. The summed E-state index contributed by atoms with van der Waals surface area (Å²) in [5.41, 5.74) is 1.88. The maximum absolute atomic E-state index is 13.6. The van der Waals surface area contributed by atoms with Crippen LogP contribution in [-0.2, 0) is 0 Å². The third-order valence-corrected chi connectivity index (χ3v) is 3.67. The topological polar surface area (TPSA) is 35.8 Å². The Morgan fingerprint density at radius 3 is 2.43 bits per heavy atom. The van der Waals surface area contributed by atoms with Crippen molar-refractivity contribution in [2.24, 2.45) is 5.92 Å². The van der Waals surface area contributed by atoms with E-state index in [9.17, 15) is 4.39 Å². The van der Waals surface area contributed by atoms with Crippen LogP contribution in [0.5, 0.6) is 0 Å². The summed E-state index contributed by atoms with van der Waals surface area (Å²) >= 11 is 0. The zero-order valence-corrected chi connectivity index (χ0v) is 12.3. The molecule has 108 valence electrons. The molecule has 0 fully saturated rings. The zero-order chi connectivity index (χ0) is 15.2. The fourth-order valence-corrected chi connectivity index (χ4v) is 2.44. The molecule has 2 rings (SSSR count). The number of anilines is 1. The average molecular weight is 282 g/mol. The molecule has 0 spiro atoms. The van der Waals surface area contributed by atoms with Gasteiger partial charge in [-0.05, 0) is 23.6 Å². The van der Waals surface area contributed by atoms with Crippen molar-refractivity contribution in [3.63, 3.8) is 0 Å². The molecule has 0 amide bonds. The van der Waals surface area contributed by atoms with Gasteiger partial charge in [0.2, 0.25) is 0 Å². The van der Waals surface area contributed by atoms with E-state index >= 15 is 0 Å². The van der Waals surface area contributed by atoms with Crippen molar-refractivity contribution in [2.45, 2.75) is 19.8 Å². The van der Waals surface area contributed by atoms with Gasteiger partial charge in [-0.3, -0.25) is 0 Å². The van der Waals surface area contributed by atoms with Crippen LogP contribution in [0.2, 0.25) is 0 Å². The van der Waals surface area contributed by atoms with Gasteiger partial charge in [-0.15, -0.1) is 0 Å². The number of rotatable bonds is 5. The van der Waals surface area contributed by atoms with E-state index in [1.807, 2.05) is 24.3 Å². The van der Waals surface area contributed by atoms with Gasteiger partial charge in [-0.2, -0.15) is 5.26 Å². The van der Waals surface area contributed by atoms with Gasteiger partial charge in [0, 0.05) is 12.5 Å². The Morgan fingerprint density at radius 1 is 1.10 bits per heavy atom. The van der Waals surface area contributed by atoms with Crippen LogP contribution >= 0.6 is 0 Å². The lowest BCUT2D eigenvalue weighted by molar-refractivity contribution is 0.517. The van der Waals surface area contributed by atoms with Crippen LogP contribution < -0.4 is 5.32 Å². The SMILES string of the molecule is CC(C)C(CNc1cccc(F)c1C#N)c1ccccc1. The summed E-state index contributed by atoms with van der Waals surface area (Å²) in [5, 5.41) is 12.3. The minimum atomic E-state index is -0.483. The van der Waals surface area contributed by atoms with Crippen molar-refractivity contribution >= 4 is 5.69 Å². The molecule has 2 aromatic carbocycles. The van der Waals surface area contributed by atoms with E-state index in [1.165, 1.54) is 11.6 Å². The van der Waals surface area contributed by atoms with Gasteiger partial charge in [0.05, 0.1) is 5.69 Å². The van der Waals surface area contributed by atoms with Crippen molar-refractivity contribution < 1.29 is 4.39 Å². The minimum absolute atomic E-state index is 0.0769. The van der Waals surface area contributed by atoms with E-state index in [4.69, 9.17) is 5.26 Å². The second-order valence-electron chi connectivity index (χ2n) is 5.42. The van der Waals surface area contributed by atoms with Crippen LogP contribution in [0.1, 0.15) is 30.9 Å². The first-order valence-corrected chi connectivity index (χ1v) is 7.11. The fraction of sp³-hybridized carbons (Fsp3) is 0.278. The van der Waals surface area contributed by atoms with Gasteiger partial charge in [0.1, 0.15) is 17.4 Å². The molecule has 0 radical (unpaired) electrons. The summed E-state index contributed by atoms with van der Waals surface area (Å²) in [6.45, 7) is 4.99. The Morgan fingerprint density at radius 2 is 1.81 bits per heavy atom. The number of nitrogens with one attached hydrogen (secondary N) is 1. The number of benzene rings is 2. The summed E-state index contributed by atoms with van der Waals surface area (Å²) in [6.07, 6.45) is 0. The second-order valence-corrected chi connectivity index (χ2v) is 5.42. The average Bonchev–Trinajstić information content (AvgIpc) is 2.48. The summed E-state index contributed by atoms with van der Waals surface area (Å²) in [5.74, 6) is 0.267. The highest BCUT2D eigenvalue weighted by atomic mass is 19.1. The molecule has 0 saturated heterocycles. The maximum atomic E-state index is 13.6. The molecule has 0 heterocycles. The Balaban J connectivity index is 2.18. The fourth-order valence-electron chi connectivity index (χ4n) is 2.44. The highest BCUT2D eigenvalue weighted by molar-refractivity contribution is 5.58. The number of hydrogen-bond donors (Lipinski definition) is 1. The predicted molar refractivity (Wildman–Crippen MR) is 83.6 cm³/mol. The molecule has 2 aromatic rings. The minimum Gasteiger partial charge on any atom is -0.383 e. The molecule has 0 bridgehead atoms. The highest BCUT2D eigenvalue weighted by Gasteiger charge is 2.16. The van der Waals surface area contributed by atoms with Gasteiger partial charge in [0.25, 0.3) is 0 Å². The molecule has 21 heavy (non-hydrogen) atoms. The van der Waals surface area contributed by atoms with Gasteiger partial charge < -0.3 is 5.32 Å². The maximum Gasteiger partial charge on any atom is 0.143 e. The Kier molecular flexibility index (Phi) is 4.94. The molecule has 0 aromatic heterocycles. The van der Waals surface area contributed by atoms with Crippen LogP contribution in [0.15, 0.2) is 48.5 Å². The van der Waals surface area contributed by atoms with Crippen LogP contribution in [0.3, 0.4) is 0 Å². The molecule has 2 nitrogen and oxygen atoms in total. The van der Waals surface area contributed by atoms with E-state index in [1.54, 1.807) is 12.1 Å². The molecular weight excluding hydrogens is 263 g/mol. The van der Waals surface area contributed by atoms with Crippen LogP contribution in [-0.4, -0.2) is 6.54 Å². The van der Waals surface area contributed by atoms with Gasteiger partial charge in [0.15, 0.2) is 0 Å². The first kappa shape index (κ1) is 15.1. The monoisotopic (exact) mass is 282 g/mol. The van der Waals surface area contributed by atoms with Crippen LogP contribution in [0, 0.1) is 23.1 Å². The van der Waals surface area contributed by atoms with E-state index in [0.29, 0.717) is 24.1 Å². The molecule has 0 aliphatic carbocycles. The third kappa shape index (κ3) is 3.61. The molecule has 0 saturated carbocycles. The standard InChI is InChI=1S/C18H19FN2/c1-13(2)16(14-7-4-3-5-8-14)12-21-18-10-6-9-17(19)15(18)11-20/h3-10,13,16,21H,12H2,1-2H3. The summed E-state index contributed by atoms with van der Waals surface area (Å²) in [4.78, 5) is 0. The van der Waals surface area contributed by atoms with Crippen molar-refractivity contribution in [3.05, 3.63) is 65.5 Å². The van der Waals surface area contributed by atoms with Crippen LogP contribution in [0.25, 0.3) is 0 Å². The lowest BCUT2D eigenvalue weighted by Gasteiger charge is -2.22. The first-order valence-electron chi connectivity index (χ1n) is 7.11. The first-order chi connectivity index (χ1) is 10.1. The molecular formula is C18H19FN2. The largest absolute Gasteiger partial charge is 0.383 e. The van der Waals surface area contributed by atoms with E-state index < -0.39 is 5.82 Å². The quantitative estimate of drug-likeness (QED) is 0.873. The highest BCUT2D eigenvalue weighted by Crippen LogP contribution is 2.26. The Hall–Kier alpha value is -2.34. The lowest BCUT2D eigenvalue weighted by atomic mass is 9.88. The van der Waals surface area contributed by atoms with Crippen molar-refractivity contribution in [1.82, 2.24) is 0 Å². The van der Waals surface area contributed by atoms with Crippen molar-refractivity contribution in [2.75, 3.05) is 11.9 Å². The third-order valence-electron chi connectivity index (χ3n) is 3.67. The molecule has 0 aliphatic rings. The van der Waals surface area contributed by atoms with E-state index in [0.717, 1.165) is 0 Å². The Bertz CT molecular complexity index is 629. The lowest BCUT2D eigenvalue weighted by Crippen LogP contribution is -2.18. The predicted octanol–water partition coefficient (Wildman–Crippen LogP) is 4.55. The second kappa shape index (κ2) is 6.90. The number of hydrogen-bond acceptors (Lipinski definition) is 2. The molecule has 1 atom stereocenters. The van der Waals surface area contributed by atoms with Gasteiger partial charge >= 0.3 is 0 Å². The summed E-state index contributed by atoms with van der Waals surface area (Å²) in [6, 6.07) is 16.8. The number of nitrogens with zero attached hydrogens (tertiary/aromatic N) is 1. The Labute approximate surface area is 125 Å². The molecule has 1 N–H and O–H groups in total. The van der Waals surface area contributed by atoms with Gasteiger partial charge in [-0.25, -0.2) is 4.39 Å². The molecule has 3 heteroatoms. The van der Waals surface area contributed by atoms with Crippen molar-refractivity contribution in [3.8, 4) is 6.07 Å². The number of halogens is 1. The van der Waals surface area contributed by atoms with E-state index in [2.05, 4.69) is 31.3 Å². The normalized spacial score (nSPS) is 12.0. The molecule has 0 aliphatic heterocycles. The summed E-state index contributed by atoms with van der Waals surface area (Å²) < 4.78 is 13.6. The van der Waals surface area contributed by atoms with E-state index in [-0.39, 0.29) is 5.56 Å². The van der Waals surface area contributed by atoms with Crippen LogP contribution in [0.4, 0.5) is 10.1 Å². The van der Waals surface area contributed by atoms with Gasteiger partial charge in [-0.1, -0.05) is 50.2 Å². The van der Waals surface area contributed by atoms with Crippen molar-refractivity contribution in [1.29, 1.82) is 5.26 Å². The zero-order valence-electron chi connectivity index (χ0n) is 12.3. The molecule has 1 unspecified atom stereocenters. The number of nitriles is 1. The summed E-state index contributed by atoms with van der Waals surface area (Å²) in [7, 11) is 0.